The maximum absolute atomic E-state index is 14.9. The third kappa shape index (κ3) is 4.42. The number of nitriles is 1. The number of fused-ring (bicyclic) bond motifs is 8. The molecular formula is C42H44N4O9S. The third-order valence-electron chi connectivity index (χ3n) is 13.7. The zero-order valence-electron chi connectivity index (χ0n) is 32.2. The number of ether oxygens (including phenoxy) is 5. The Hall–Kier alpha value is -4.68. The Labute approximate surface area is 328 Å². The minimum Gasteiger partial charge on any atom is -0.508 e. The molecule has 9 atom stereocenters. The summed E-state index contributed by atoms with van der Waals surface area (Å²) in [5.41, 5.74) is 1.13. The first-order valence-electron chi connectivity index (χ1n) is 19.2. The van der Waals surface area contributed by atoms with E-state index >= 15 is 0 Å². The lowest BCUT2D eigenvalue weighted by Crippen LogP contribution is -2.73. The molecule has 14 heteroatoms. The molecule has 1 spiro atoms. The van der Waals surface area contributed by atoms with Crippen LogP contribution in [0.15, 0.2) is 51.9 Å². The Morgan fingerprint density at radius 2 is 1.95 bits per heavy atom. The van der Waals surface area contributed by atoms with Crippen LogP contribution in [0, 0.1) is 29.6 Å². The summed E-state index contributed by atoms with van der Waals surface area (Å²) in [6.45, 7) is 7.95. The van der Waals surface area contributed by atoms with Crippen molar-refractivity contribution in [3.8, 4) is 23.3 Å². The number of furan rings is 1. The molecule has 2 aromatic carbocycles. The van der Waals surface area contributed by atoms with E-state index in [0.717, 1.165) is 22.1 Å². The van der Waals surface area contributed by atoms with Crippen LogP contribution in [-0.4, -0.2) is 90.9 Å². The minimum absolute atomic E-state index is 0.0425. The molecule has 4 saturated heterocycles. The lowest BCUT2D eigenvalue weighted by molar-refractivity contribution is -0.159. The maximum atomic E-state index is 14.9. The summed E-state index contributed by atoms with van der Waals surface area (Å²) in [6.07, 6.45) is 3.21. The van der Waals surface area contributed by atoms with Gasteiger partial charge in [-0.3, -0.25) is 19.9 Å². The number of carbonyl (C=O) groups excluding carboxylic acids is 2. The second-order valence-corrected chi connectivity index (χ2v) is 17.6. The number of nitrogens with one attached hydrogen (secondary N) is 1. The number of rotatable bonds is 2. The molecule has 4 bridgehead atoms. The number of aliphatic hydroxyl groups excluding tert-OH is 1. The van der Waals surface area contributed by atoms with Crippen molar-refractivity contribution in [1.82, 2.24) is 15.1 Å². The number of likely N-dealkylation sites (N-methyl/N-ethyl adjacent to an activating group) is 1. The average Bonchev–Trinajstić information content (AvgIpc) is 3.79. The van der Waals surface area contributed by atoms with Crippen molar-refractivity contribution in [2.24, 2.45) is 11.3 Å². The number of aliphatic hydroxyl groups is 1. The predicted octanol–water partition coefficient (Wildman–Crippen LogP) is 5.47. The summed E-state index contributed by atoms with van der Waals surface area (Å²) < 4.78 is 37.6. The van der Waals surface area contributed by atoms with Crippen LogP contribution in [0.25, 0.3) is 11.0 Å². The van der Waals surface area contributed by atoms with Gasteiger partial charge in [0.05, 0.1) is 29.9 Å². The highest BCUT2D eigenvalue weighted by Gasteiger charge is 2.70. The van der Waals surface area contributed by atoms with Gasteiger partial charge in [-0.05, 0) is 51.3 Å². The van der Waals surface area contributed by atoms with Gasteiger partial charge in [-0.15, -0.1) is 11.8 Å². The van der Waals surface area contributed by atoms with Gasteiger partial charge >= 0.3 is 11.9 Å². The van der Waals surface area contributed by atoms with Crippen LogP contribution in [0.5, 0.6) is 17.2 Å². The van der Waals surface area contributed by atoms with E-state index in [-0.39, 0.29) is 30.8 Å². The number of allylic oxidation sites excluding steroid dienone is 2. The molecule has 0 radical (unpaired) electrons. The highest BCUT2D eigenvalue weighted by molar-refractivity contribution is 7.99. The fraction of sp³-hybridized carbons (Fsp3) is 0.500. The van der Waals surface area contributed by atoms with E-state index in [1.807, 2.05) is 45.2 Å². The number of hydrogen-bond donors (Lipinski definition) is 2. The molecule has 13 nitrogen and oxygen atoms in total. The van der Waals surface area contributed by atoms with Crippen molar-refractivity contribution < 1.29 is 42.8 Å². The van der Waals surface area contributed by atoms with E-state index in [2.05, 4.69) is 34.2 Å². The first-order chi connectivity index (χ1) is 26.9. The number of carbonyl (C=O) groups is 2. The van der Waals surface area contributed by atoms with Crippen LogP contribution in [0.4, 0.5) is 0 Å². The number of hydrogen-bond acceptors (Lipinski definition) is 14. The fourth-order valence-electron chi connectivity index (χ4n) is 11.5. The highest BCUT2D eigenvalue weighted by atomic mass is 32.2. The topological polar surface area (TPSA) is 156 Å². The van der Waals surface area contributed by atoms with Gasteiger partial charge in [0.15, 0.2) is 22.8 Å². The summed E-state index contributed by atoms with van der Waals surface area (Å²) >= 11 is 1.54. The number of thioether (sulfide) groups is 1. The summed E-state index contributed by atoms with van der Waals surface area (Å²) in [7, 11) is 3.59. The van der Waals surface area contributed by atoms with Crippen LogP contribution in [0.2, 0.25) is 0 Å². The highest BCUT2D eigenvalue weighted by Crippen LogP contribution is 2.67. The standard InChI is InChI=1S/C42H44N4O9S/c1-20-13-23-14-41(16-43)17-45(5)36(40(23,4)37(48)31(20)50-6)30-35-29-28(34-33(52-19-53-34)21(2)32(29)54-22(3)47)26(46(30)41)15-51-39(49)42(18-56-35)38-25(11-12-44-42)24-9-7-8-10-27(24)55-38/h7-10,13,23,26,30,35-36,44,48H,11-12,14-15,17-19H2,1-6H3/t23?,26-,30-,35+,36?,40?,41?,42+/m0/s1. The largest absolute Gasteiger partial charge is 0.508 e. The van der Waals surface area contributed by atoms with Crippen LogP contribution < -0.4 is 19.5 Å². The summed E-state index contributed by atoms with van der Waals surface area (Å²) in [4.78, 5) is 32.4. The van der Waals surface area contributed by atoms with Gasteiger partial charge in [0, 0.05) is 65.5 Å². The van der Waals surface area contributed by atoms with Crippen LogP contribution in [0.3, 0.4) is 0 Å². The normalized spacial score (nSPS) is 35.4. The van der Waals surface area contributed by atoms with Crippen LogP contribution >= 0.6 is 11.8 Å². The van der Waals surface area contributed by atoms with Crippen LogP contribution in [-0.2, 0) is 31.0 Å². The van der Waals surface area contributed by atoms with Gasteiger partial charge in [0.25, 0.3) is 0 Å². The second kappa shape index (κ2) is 12.2. The number of para-hydroxylation sites is 1. The molecule has 4 fully saturated rings. The minimum atomic E-state index is -1.35. The summed E-state index contributed by atoms with van der Waals surface area (Å²) in [5, 5.41) is 28.0. The number of nitrogens with zero attached hydrogens (tertiary/aromatic N) is 3. The SMILES string of the molecule is COC1=C(O)C2(C)C(C=C1C)CC1(C#N)CN(C)C2[C@@H]2[C@@H]3SC[C@]4(NCCc5c4oc4ccccc54)C(=O)OC[C@@H](c4c5c(c(C)c(OC(C)=O)c43)OCO5)N21. The van der Waals surface area contributed by atoms with Gasteiger partial charge in [-0.1, -0.05) is 31.2 Å². The Morgan fingerprint density at radius 1 is 1.16 bits per heavy atom. The Kier molecular flexibility index (Phi) is 7.76. The monoisotopic (exact) mass is 780 g/mol. The molecule has 292 valence electrons. The molecular weight excluding hydrogens is 737 g/mol. The summed E-state index contributed by atoms with van der Waals surface area (Å²) in [6, 6.07) is 9.00. The Morgan fingerprint density at radius 3 is 2.71 bits per heavy atom. The number of piperazine rings is 1. The van der Waals surface area contributed by atoms with Crippen molar-refractivity contribution >= 4 is 34.7 Å². The van der Waals surface area contributed by atoms with Crippen molar-refractivity contribution in [2.45, 2.75) is 75.0 Å². The molecule has 1 aliphatic carbocycles. The van der Waals surface area contributed by atoms with E-state index in [9.17, 15) is 20.0 Å². The van der Waals surface area contributed by atoms with Crippen molar-refractivity contribution in [1.29, 1.82) is 5.26 Å². The van der Waals surface area contributed by atoms with E-state index in [0.29, 0.717) is 71.4 Å². The lowest BCUT2D eigenvalue weighted by Gasteiger charge is -2.62. The molecule has 0 saturated carbocycles. The molecule has 1 aromatic heterocycles. The Balaban J connectivity index is 1.26. The first kappa shape index (κ1) is 35.7. The molecule has 3 aromatic rings. The van der Waals surface area contributed by atoms with Crippen molar-refractivity contribution in [2.75, 3.05) is 46.4 Å². The van der Waals surface area contributed by atoms with E-state index in [1.54, 1.807) is 7.11 Å². The van der Waals surface area contributed by atoms with Crippen LogP contribution in [0.1, 0.15) is 66.5 Å². The molecule has 9 aliphatic rings. The zero-order chi connectivity index (χ0) is 39.1. The number of benzene rings is 2. The van der Waals surface area contributed by atoms with Gasteiger partial charge in [0.1, 0.15) is 35.0 Å². The smallest absolute Gasteiger partial charge is 0.335 e. The zero-order valence-corrected chi connectivity index (χ0v) is 33.0. The molecule has 9 heterocycles. The van der Waals surface area contributed by atoms with E-state index in [1.165, 1.54) is 18.7 Å². The fourth-order valence-corrected chi connectivity index (χ4v) is 13.2. The molecule has 8 aliphatic heterocycles. The van der Waals surface area contributed by atoms with Crippen molar-refractivity contribution in [3.05, 3.63) is 75.4 Å². The average molecular weight is 781 g/mol. The number of methoxy groups -OCH3 is 1. The quantitative estimate of drug-likeness (QED) is 0.249. The molecule has 56 heavy (non-hydrogen) atoms. The van der Waals surface area contributed by atoms with E-state index < -0.39 is 51.8 Å². The lowest BCUT2D eigenvalue weighted by atomic mass is 9.63. The van der Waals surface area contributed by atoms with Crippen molar-refractivity contribution in [3.63, 3.8) is 0 Å². The molecule has 5 unspecified atom stereocenters. The predicted molar refractivity (Wildman–Crippen MR) is 204 cm³/mol. The van der Waals surface area contributed by atoms with Gasteiger partial charge < -0.3 is 33.2 Å². The number of esters is 2. The molecule has 2 N–H and O–H groups in total. The first-order valence-corrected chi connectivity index (χ1v) is 20.2. The van der Waals surface area contributed by atoms with Gasteiger partial charge in [0.2, 0.25) is 6.79 Å². The summed E-state index contributed by atoms with van der Waals surface area (Å²) in [5.74, 6) is 1.39. The third-order valence-corrected chi connectivity index (χ3v) is 15.2. The molecule has 0 amide bonds. The van der Waals surface area contributed by atoms with E-state index in [4.69, 9.17) is 28.1 Å². The molecule has 12 rings (SSSR count). The maximum Gasteiger partial charge on any atom is 0.335 e. The van der Waals surface area contributed by atoms with Gasteiger partial charge in [-0.25, -0.2) is 4.79 Å². The van der Waals surface area contributed by atoms with Gasteiger partial charge in [-0.2, -0.15) is 5.26 Å². The Bertz CT molecular complexity index is 2370. The second-order valence-electron chi connectivity index (χ2n) is 16.5.